The maximum atomic E-state index is 12.1. The fourth-order valence-electron chi connectivity index (χ4n) is 1.82. The van der Waals surface area contributed by atoms with Gasteiger partial charge in [0.15, 0.2) is 0 Å². The minimum atomic E-state index is 0.0831. The van der Waals surface area contributed by atoms with Crippen molar-refractivity contribution in [3.8, 4) is 0 Å². The van der Waals surface area contributed by atoms with Crippen molar-refractivity contribution in [2.75, 3.05) is 25.0 Å². The second-order valence-electron chi connectivity index (χ2n) is 4.36. The van der Waals surface area contributed by atoms with Gasteiger partial charge in [0.1, 0.15) is 0 Å². The van der Waals surface area contributed by atoms with E-state index in [-0.39, 0.29) is 12.5 Å². The van der Waals surface area contributed by atoms with Crippen LogP contribution in [0.25, 0.3) is 0 Å². The first-order valence-electron chi connectivity index (χ1n) is 6.55. The Hall–Kier alpha value is -0.930. The van der Waals surface area contributed by atoms with Crippen molar-refractivity contribution in [3.05, 3.63) is 28.2 Å². The van der Waals surface area contributed by atoms with Gasteiger partial charge >= 0.3 is 0 Å². The molecule has 0 aliphatic heterocycles. The molecule has 0 heterocycles. The van der Waals surface area contributed by atoms with Gasteiger partial charge in [-0.15, -0.1) is 0 Å². The molecule has 0 fully saturated rings. The molecule has 3 nitrogen and oxygen atoms in total. The van der Waals surface area contributed by atoms with E-state index in [1.54, 1.807) is 18.2 Å². The second-order valence-corrected chi connectivity index (χ2v) is 5.20. The van der Waals surface area contributed by atoms with Gasteiger partial charge in [0, 0.05) is 18.1 Å². The minimum Gasteiger partial charge on any atom is -0.375 e. The largest absolute Gasteiger partial charge is 0.375 e. The van der Waals surface area contributed by atoms with Crippen LogP contribution < -0.4 is 5.32 Å². The van der Waals surface area contributed by atoms with Gasteiger partial charge in [0.05, 0.1) is 17.3 Å². The van der Waals surface area contributed by atoms with Crippen LogP contribution in [0.2, 0.25) is 10.0 Å². The third-order valence-electron chi connectivity index (χ3n) is 2.70. The predicted octanol–water partition coefficient (Wildman–Crippen LogP) is 4.05. The van der Waals surface area contributed by atoms with Crippen molar-refractivity contribution in [1.29, 1.82) is 0 Å². The molecule has 0 bridgehead atoms. The Morgan fingerprint density at radius 1 is 1.21 bits per heavy atom. The number of nitrogens with zero attached hydrogens (tertiary/aromatic N) is 1. The van der Waals surface area contributed by atoms with Gasteiger partial charge in [-0.25, -0.2) is 0 Å². The number of anilines is 1. The van der Waals surface area contributed by atoms with Crippen LogP contribution in [0.15, 0.2) is 18.2 Å². The zero-order chi connectivity index (χ0) is 14.3. The standard InChI is InChI=1S/C14H20Cl2N2O/c1-3-7-18(8-4-2)14(19)10-17-13-9-11(15)5-6-12(13)16/h5-6,9,17H,3-4,7-8,10H2,1-2H3. The van der Waals surface area contributed by atoms with E-state index >= 15 is 0 Å². The molecule has 19 heavy (non-hydrogen) atoms. The van der Waals surface area contributed by atoms with E-state index in [4.69, 9.17) is 23.2 Å². The zero-order valence-corrected chi connectivity index (χ0v) is 12.9. The molecule has 0 radical (unpaired) electrons. The average molecular weight is 303 g/mol. The van der Waals surface area contributed by atoms with E-state index < -0.39 is 0 Å². The number of carbonyl (C=O) groups excluding carboxylic acids is 1. The highest BCUT2D eigenvalue weighted by molar-refractivity contribution is 6.35. The lowest BCUT2D eigenvalue weighted by Gasteiger charge is -2.22. The summed E-state index contributed by atoms with van der Waals surface area (Å²) < 4.78 is 0. The minimum absolute atomic E-state index is 0.0831. The molecule has 1 rings (SSSR count). The maximum Gasteiger partial charge on any atom is 0.241 e. The summed E-state index contributed by atoms with van der Waals surface area (Å²) in [5.41, 5.74) is 0.690. The van der Waals surface area contributed by atoms with Gasteiger partial charge in [0.2, 0.25) is 5.91 Å². The fourth-order valence-corrected chi connectivity index (χ4v) is 2.17. The normalized spacial score (nSPS) is 10.3. The topological polar surface area (TPSA) is 32.3 Å². The highest BCUT2D eigenvalue weighted by atomic mass is 35.5. The number of hydrogen-bond donors (Lipinski definition) is 1. The molecule has 1 aromatic rings. The molecule has 1 N–H and O–H groups in total. The van der Waals surface area contributed by atoms with E-state index in [9.17, 15) is 4.79 Å². The smallest absolute Gasteiger partial charge is 0.241 e. The number of carbonyl (C=O) groups is 1. The quantitative estimate of drug-likeness (QED) is 0.824. The summed E-state index contributed by atoms with van der Waals surface area (Å²) >= 11 is 11.9. The van der Waals surface area contributed by atoms with Gasteiger partial charge in [-0.2, -0.15) is 0 Å². The van der Waals surface area contributed by atoms with E-state index in [0.29, 0.717) is 15.7 Å². The number of hydrogen-bond acceptors (Lipinski definition) is 2. The second kappa shape index (κ2) is 8.28. The van der Waals surface area contributed by atoms with Crippen LogP contribution in [0.3, 0.4) is 0 Å². The summed E-state index contributed by atoms with van der Waals surface area (Å²) in [5, 5.41) is 4.20. The predicted molar refractivity (Wildman–Crippen MR) is 82.1 cm³/mol. The Bertz CT molecular complexity index is 418. The van der Waals surface area contributed by atoms with Crippen LogP contribution in [0.1, 0.15) is 26.7 Å². The molecular weight excluding hydrogens is 283 g/mol. The lowest BCUT2D eigenvalue weighted by Crippen LogP contribution is -2.36. The van der Waals surface area contributed by atoms with Gasteiger partial charge in [-0.3, -0.25) is 4.79 Å². The summed E-state index contributed by atoms with van der Waals surface area (Å²) in [6, 6.07) is 5.16. The number of benzene rings is 1. The first-order chi connectivity index (χ1) is 9.08. The lowest BCUT2D eigenvalue weighted by atomic mass is 10.3. The molecule has 0 aromatic heterocycles. The van der Waals surface area contributed by atoms with Gasteiger partial charge < -0.3 is 10.2 Å². The number of amides is 1. The highest BCUT2D eigenvalue weighted by Gasteiger charge is 2.12. The first-order valence-corrected chi connectivity index (χ1v) is 7.30. The van der Waals surface area contributed by atoms with Crippen molar-refractivity contribution in [1.82, 2.24) is 4.90 Å². The van der Waals surface area contributed by atoms with Gasteiger partial charge in [-0.05, 0) is 31.0 Å². The molecule has 0 spiro atoms. The monoisotopic (exact) mass is 302 g/mol. The first kappa shape index (κ1) is 16.1. The third-order valence-corrected chi connectivity index (χ3v) is 3.26. The Kier molecular flexibility index (Phi) is 7.03. The SMILES string of the molecule is CCCN(CCC)C(=O)CNc1cc(Cl)ccc1Cl. The Balaban J connectivity index is 2.59. The molecule has 0 saturated carbocycles. The van der Waals surface area contributed by atoms with E-state index in [2.05, 4.69) is 19.2 Å². The number of halogens is 2. The van der Waals surface area contributed by atoms with Crippen LogP contribution in [-0.4, -0.2) is 30.4 Å². The summed E-state index contributed by atoms with van der Waals surface area (Å²) in [5.74, 6) is 0.0831. The zero-order valence-electron chi connectivity index (χ0n) is 11.4. The summed E-state index contributed by atoms with van der Waals surface area (Å²) in [6.45, 7) is 5.95. The highest BCUT2D eigenvalue weighted by Crippen LogP contribution is 2.25. The van der Waals surface area contributed by atoms with E-state index in [1.165, 1.54) is 0 Å². The molecule has 0 aliphatic carbocycles. The average Bonchev–Trinajstić information content (AvgIpc) is 2.39. The summed E-state index contributed by atoms with van der Waals surface area (Å²) in [6.07, 6.45) is 1.92. The Morgan fingerprint density at radius 3 is 2.42 bits per heavy atom. The number of nitrogens with one attached hydrogen (secondary N) is 1. The van der Waals surface area contributed by atoms with Crippen molar-refractivity contribution in [3.63, 3.8) is 0 Å². The molecular formula is C14H20Cl2N2O. The van der Waals surface area contributed by atoms with Crippen molar-refractivity contribution >= 4 is 34.8 Å². The van der Waals surface area contributed by atoms with Gasteiger partial charge in [-0.1, -0.05) is 37.0 Å². The fraction of sp³-hybridized carbons (Fsp3) is 0.500. The molecule has 0 aliphatic rings. The Morgan fingerprint density at radius 2 is 1.84 bits per heavy atom. The molecule has 0 saturated heterocycles. The molecule has 1 amide bonds. The molecule has 5 heteroatoms. The van der Waals surface area contributed by atoms with E-state index in [0.717, 1.165) is 25.9 Å². The molecule has 106 valence electrons. The molecule has 0 atom stereocenters. The summed E-state index contributed by atoms with van der Waals surface area (Å²) in [7, 11) is 0. The van der Waals surface area contributed by atoms with Crippen LogP contribution in [-0.2, 0) is 4.79 Å². The molecule has 1 aromatic carbocycles. The maximum absolute atomic E-state index is 12.1. The Labute approximate surface area is 124 Å². The van der Waals surface area contributed by atoms with Crippen LogP contribution in [0, 0.1) is 0 Å². The molecule has 0 unspecified atom stereocenters. The van der Waals surface area contributed by atoms with Crippen molar-refractivity contribution in [2.24, 2.45) is 0 Å². The van der Waals surface area contributed by atoms with E-state index in [1.807, 2.05) is 4.90 Å². The van der Waals surface area contributed by atoms with Crippen molar-refractivity contribution < 1.29 is 4.79 Å². The van der Waals surface area contributed by atoms with Crippen LogP contribution in [0.5, 0.6) is 0 Å². The number of rotatable bonds is 7. The van der Waals surface area contributed by atoms with Crippen LogP contribution in [0.4, 0.5) is 5.69 Å². The van der Waals surface area contributed by atoms with Crippen LogP contribution >= 0.6 is 23.2 Å². The van der Waals surface area contributed by atoms with Crippen molar-refractivity contribution in [2.45, 2.75) is 26.7 Å². The summed E-state index contributed by atoms with van der Waals surface area (Å²) in [4.78, 5) is 13.9. The lowest BCUT2D eigenvalue weighted by molar-refractivity contribution is -0.129. The third kappa shape index (κ3) is 5.29. The van der Waals surface area contributed by atoms with Gasteiger partial charge in [0.25, 0.3) is 0 Å².